The minimum atomic E-state index is -0.282. The Morgan fingerprint density at radius 3 is 2.67 bits per heavy atom. The van der Waals surface area contributed by atoms with E-state index in [4.69, 9.17) is 0 Å². The molecular formula is C17H25FN2O. The van der Waals surface area contributed by atoms with Gasteiger partial charge in [-0.3, -0.25) is 4.90 Å². The Morgan fingerprint density at radius 2 is 2.00 bits per heavy atom. The molecule has 0 aromatic heterocycles. The van der Waals surface area contributed by atoms with Crippen LogP contribution < -0.4 is 5.32 Å². The molecule has 1 aromatic carbocycles. The van der Waals surface area contributed by atoms with Crippen LogP contribution in [0.1, 0.15) is 44.2 Å². The molecule has 1 atom stereocenters. The van der Waals surface area contributed by atoms with E-state index in [9.17, 15) is 9.50 Å². The van der Waals surface area contributed by atoms with Gasteiger partial charge in [0.2, 0.25) is 0 Å². The summed E-state index contributed by atoms with van der Waals surface area (Å²) in [5, 5.41) is 13.6. The van der Waals surface area contributed by atoms with Gasteiger partial charge in [-0.25, -0.2) is 4.39 Å². The van der Waals surface area contributed by atoms with E-state index in [1.165, 1.54) is 37.6 Å². The van der Waals surface area contributed by atoms with Gasteiger partial charge in [0, 0.05) is 30.7 Å². The summed E-state index contributed by atoms with van der Waals surface area (Å²) in [5.41, 5.74) is 0.694. The maximum atomic E-state index is 13.4. The molecule has 1 heterocycles. The summed E-state index contributed by atoms with van der Waals surface area (Å²) in [6.45, 7) is 5.22. The highest BCUT2D eigenvalue weighted by molar-refractivity contribution is 5.35. The minimum Gasteiger partial charge on any atom is -0.508 e. The second-order valence-corrected chi connectivity index (χ2v) is 6.54. The monoisotopic (exact) mass is 292 g/mol. The number of rotatable bonds is 5. The van der Waals surface area contributed by atoms with Crippen molar-refractivity contribution in [3.63, 3.8) is 0 Å². The summed E-state index contributed by atoms with van der Waals surface area (Å²) in [5.74, 6) is 0.833. The molecule has 2 N–H and O–H groups in total. The minimum absolute atomic E-state index is 0.0603. The number of likely N-dealkylation sites (tertiary alicyclic amines) is 1. The van der Waals surface area contributed by atoms with Crippen LogP contribution in [-0.2, 0) is 0 Å². The second kappa shape index (κ2) is 6.32. The first kappa shape index (κ1) is 14.8. The van der Waals surface area contributed by atoms with E-state index in [0.717, 1.165) is 31.8 Å². The molecule has 3 rings (SSSR count). The van der Waals surface area contributed by atoms with Gasteiger partial charge in [-0.2, -0.15) is 0 Å². The molecule has 2 fully saturated rings. The summed E-state index contributed by atoms with van der Waals surface area (Å²) >= 11 is 0. The van der Waals surface area contributed by atoms with E-state index in [-0.39, 0.29) is 17.6 Å². The lowest BCUT2D eigenvalue weighted by atomic mass is 9.99. The third-order valence-corrected chi connectivity index (χ3v) is 4.91. The highest BCUT2D eigenvalue weighted by atomic mass is 19.1. The Labute approximate surface area is 126 Å². The standard InChI is InChI=1S/C17H25FN2O/c1-12(16-10-14(18)4-5-17(16)21)20-8-6-15(7-9-20)19-11-13-2-3-13/h4-5,10,12-13,15,19,21H,2-3,6-9,11H2,1H3. The molecule has 0 radical (unpaired) electrons. The summed E-state index contributed by atoms with van der Waals surface area (Å²) in [6.07, 6.45) is 5.05. The third kappa shape index (κ3) is 3.74. The van der Waals surface area contributed by atoms with Crippen LogP contribution in [0.3, 0.4) is 0 Å². The van der Waals surface area contributed by atoms with Gasteiger partial charge in [0.25, 0.3) is 0 Å². The molecule has 2 aliphatic rings. The molecule has 1 aromatic rings. The lowest BCUT2D eigenvalue weighted by Crippen LogP contribution is -2.43. The summed E-state index contributed by atoms with van der Waals surface area (Å²) in [7, 11) is 0. The average molecular weight is 292 g/mol. The molecule has 1 aliphatic heterocycles. The van der Waals surface area contributed by atoms with Gasteiger partial charge in [0.15, 0.2) is 0 Å². The topological polar surface area (TPSA) is 35.5 Å². The molecule has 1 saturated carbocycles. The van der Waals surface area contributed by atoms with Crippen molar-refractivity contribution in [1.82, 2.24) is 10.2 Å². The quantitative estimate of drug-likeness (QED) is 0.875. The van der Waals surface area contributed by atoms with Crippen molar-refractivity contribution in [1.29, 1.82) is 0 Å². The number of aromatic hydroxyl groups is 1. The van der Waals surface area contributed by atoms with E-state index in [0.29, 0.717) is 11.6 Å². The van der Waals surface area contributed by atoms with Crippen molar-refractivity contribution in [2.24, 2.45) is 5.92 Å². The van der Waals surface area contributed by atoms with E-state index in [1.807, 2.05) is 6.92 Å². The number of nitrogens with one attached hydrogen (secondary N) is 1. The van der Waals surface area contributed by atoms with Gasteiger partial charge < -0.3 is 10.4 Å². The predicted molar refractivity (Wildman–Crippen MR) is 81.8 cm³/mol. The Balaban J connectivity index is 1.54. The van der Waals surface area contributed by atoms with Crippen LogP contribution in [-0.4, -0.2) is 35.7 Å². The van der Waals surface area contributed by atoms with Crippen molar-refractivity contribution in [3.8, 4) is 5.75 Å². The van der Waals surface area contributed by atoms with Crippen LogP contribution in [0.2, 0.25) is 0 Å². The number of nitrogens with zero attached hydrogens (tertiary/aromatic N) is 1. The molecular weight excluding hydrogens is 267 g/mol. The van der Waals surface area contributed by atoms with E-state index < -0.39 is 0 Å². The zero-order valence-corrected chi connectivity index (χ0v) is 12.7. The molecule has 3 nitrogen and oxygen atoms in total. The van der Waals surface area contributed by atoms with Crippen molar-refractivity contribution in [2.75, 3.05) is 19.6 Å². The summed E-state index contributed by atoms with van der Waals surface area (Å²) in [4.78, 5) is 2.34. The number of piperidine rings is 1. The van der Waals surface area contributed by atoms with E-state index in [1.54, 1.807) is 0 Å². The number of phenolic OH excluding ortho intramolecular Hbond substituents is 1. The number of hydrogen-bond acceptors (Lipinski definition) is 3. The zero-order chi connectivity index (χ0) is 14.8. The molecule has 4 heteroatoms. The van der Waals surface area contributed by atoms with Crippen molar-refractivity contribution < 1.29 is 9.50 Å². The van der Waals surface area contributed by atoms with Gasteiger partial charge in [-0.05, 0) is 63.3 Å². The molecule has 0 bridgehead atoms. The van der Waals surface area contributed by atoms with Crippen LogP contribution in [0.25, 0.3) is 0 Å². The Bertz CT molecular complexity index is 482. The maximum Gasteiger partial charge on any atom is 0.123 e. The second-order valence-electron chi connectivity index (χ2n) is 6.54. The molecule has 1 aliphatic carbocycles. The first-order valence-electron chi connectivity index (χ1n) is 8.09. The van der Waals surface area contributed by atoms with Gasteiger partial charge in [0.1, 0.15) is 11.6 Å². The normalized spacial score (nSPS) is 22.4. The Kier molecular flexibility index (Phi) is 4.45. The molecule has 1 unspecified atom stereocenters. The predicted octanol–water partition coefficient (Wildman–Crippen LogP) is 3.06. The number of benzene rings is 1. The number of halogens is 1. The van der Waals surface area contributed by atoms with Gasteiger partial charge >= 0.3 is 0 Å². The van der Waals surface area contributed by atoms with Crippen molar-refractivity contribution in [2.45, 2.75) is 44.7 Å². The lowest BCUT2D eigenvalue weighted by molar-refractivity contribution is 0.150. The first-order chi connectivity index (χ1) is 10.1. The summed E-state index contributed by atoms with van der Waals surface area (Å²) < 4.78 is 13.4. The molecule has 116 valence electrons. The Morgan fingerprint density at radius 1 is 1.29 bits per heavy atom. The van der Waals surface area contributed by atoms with Crippen LogP contribution >= 0.6 is 0 Å². The highest BCUT2D eigenvalue weighted by Gasteiger charge is 2.27. The smallest absolute Gasteiger partial charge is 0.123 e. The van der Waals surface area contributed by atoms with Gasteiger partial charge in [0.05, 0.1) is 0 Å². The van der Waals surface area contributed by atoms with Gasteiger partial charge in [-0.1, -0.05) is 0 Å². The molecule has 1 saturated heterocycles. The fourth-order valence-electron chi connectivity index (χ4n) is 3.20. The lowest BCUT2D eigenvalue weighted by Gasteiger charge is -2.36. The third-order valence-electron chi connectivity index (χ3n) is 4.91. The van der Waals surface area contributed by atoms with Gasteiger partial charge in [-0.15, -0.1) is 0 Å². The van der Waals surface area contributed by atoms with Crippen molar-refractivity contribution in [3.05, 3.63) is 29.6 Å². The van der Waals surface area contributed by atoms with E-state index in [2.05, 4.69) is 10.2 Å². The highest BCUT2D eigenvalue weighted by Crippen LogP contribution is 2.31. The van der Waals surface area contributed by atoms with E-state index >= 15 is 0 Å². The SMILES string of the molecule is CC(c1cc(F)ccc1O)N1CCC(NCC2CC2)CC1. The fraction of sp³-hybridized carbons (Fsp3) is 0.647. The number of hydrogen-bond donors (Lipinski definition) is 2. The Hall–Kier alpha value is -1.13. The average Bonchev–Trinajstić information content (AvgIpc) is 3.32. The molecule has 21 heavy (non-hydrogen) atoms. The maximum absolute atomic E-state index is 13.4. The molecule has 0 amide bonds. The van der Waals surface area contributed by atoms with Crippen LogP contribution in [0.4, 0.5) is 4.39 Å². The van der Waals surface area contributed by atoms with Crippen LogP contribution in [0.5, 0.6) is 5.75 Å². The first-order valence-corrected chi connectivity index (χ1v) is 8.09. The molecule has 0 spiro atoms. The van der Waals surface area contributed by atoms with Crippen molar-refractivity contribution >= 4 is 0 Å². The van der Waals surface area contributed by atoms with Crippen LogP contribution in [0, 0.1) is 11.7 Å². The largest absolute Gasteiger partial charge is 0.508 e. The summed E-state index contributed by atoms with van der Waals surface area (Å²) in [6, 6.07) is 4.89. The zero-order valence-electron chi connectivity index (χ0n) is 12.7. The van der Waals surface area contributed by atoms with Crippen LogP contribution in [0.15, 0.2) is 18.2 Å². The number of phenols is 1. The fourth-order valence-corrected chi connectivity index (χ4v) is 3.20.